The van der Waals surface area contributed by atoms with Crippen molar-refractivity contribution in [2.24, 2.45) is 0 Å². The lowest BCUT2D eigenvalue weighted by Crippen LogP contribution is -2.38. The molecular weight excluding hydrogens is 306 g/mol. The smallest absolute Gasteiger partial charge is 0.239 e. The molecule has 1 fully saturated rings. The SMILES string of the molecule is COc1ccc2c(ccn2CC(=O)NCCCN2CCOCC2)c1. The number of benzene rings is 1. The number of aromatic nitrogens is 1. The highest BCUT2D eigenvalue weighted by Crippen LogP contribution is 2.21. The molecule has 1 aromatic carbocycles. The summed E-state index contributed by atoms with van der Waals surface area (Å²) in [5.41, 5.74) is 1.04. The molecule has 0 spiro atoms. The molecule has 0 saturated carbocycles. The number of rotatable bonds is 7. The van der Waals surface area contributed by atoms with Gasteiger partial charge in [-0.05, 0) is 37.2 Å². The third-order valence-electron chi connectivity index (χ3n) is 4.37. The molecule has 130 valence electrons. The summed E-state index contributed by atoms with van der Waals surface area (Å²) in [7, 11) is 1.66. The van der Waals surface area contributed by atoms with E-state index in [1.165, 1.54) is 0 Å². The van der Waals surface area contributed by atoms with Crippen molar-refractivity contribution >= 4 is 16.8 Å². The summed E-state index contributed by atoms with van der Waals surface area (Å²) in [6.45, 7) is 5.68. The van der Waals surface area contributed by atoms with Crippen LogP contribution in [0.2, 0.25) is 0 Å². The molecule has 6 nitrogen and oxygen atoms in total. The van der Waals surface area contributed by atoms with Crippen molar-refractivity contribution in [1.82, 2.24) is 14.8 Å². The van der Waals surface area contributed by atoms with Crippen LogP contribution in [0.15, 0.2) is 30.5 Å². The van der Waals surface area contributed by atoms with Crippen LogP contribution < -0.4 is 10.1 Å². The molecule has 1 aliphatic rings. The molecule has 3 rings (SSSR count). The van der Waals surface area contributed by atoms with Crippen LogP contribution in [0.4, 0.5) is 0 Å². The van der Waals surface area contributed by atoms with Gasteiger partial charge in [0.15, 0.2) is 0 Å². The van der Waals surface area contributed by atoms with Crippen molar-refractivity contribution < 1.29 is 14.3 Å². The van der Waals surface area contributed by atoms with Crippen LogP contribution in [-0.2, 0) is 16.1 Å². The monoisotopic (exact) mass is 331 g/mol. The fourth-order valence-corrected chi connectivity index (χ4v) is 3.01. The third-order valence-corrected chi connectivity index (χ3v) is 4.37. The van der Waals surface area contributed by atoms with E-state index in [9.17, 15) is 4.79 Å². The highest BCUT2D eigenvalue weighted by atomic mass is 16.5. The minimum atomic E-state index is 0.0466. The van der Waals surface area contributed by atoms with Crippen molar-refractivity contribution in [3.8, 4) is 5.75 Å². The molecule has 1 amide bonds. The second-order valence-corrected chi connectivity index (χ2v) is 6.03. The standard InChI is InChI=1S/C18H25N3O3/c1-23-16-3-4-17-15(13-16)5-8-21(17)14-18(22)19-6-2-7-20-9-11-24-12-10-20/h3-5,8,13H,2,6-7,9-12,14H2,1H3,(H,19,22). The van der Waals surface area contributed by atoms with Crippen LogP contribution >= 0.6 is 0 Å². The Morgan fingerprint density at radius 3 is 2.92 bits per heavy atom. The van der Waals surface area contributed by atoms with Crippen LogP contribution in [0.3, 0.4) is 0 Å². The van der Waals surface area contributed by atoms with E-state index in [4.69, 9.17) is 9.47 Å². The average molecular weight is 331 g/mol. The zero-order valence-electron chi connectivity index (χ0n) is 14.2. The van der Waals surface area contributed by atoms with Gasteiger partial charge in [0.1, 0.15) is 12.3 Å². The number of carbonyl (C=O) groups excluding carboxylic acids is 1. The molecule has 2 aromatic rings. The van der Waals surface area contributed by atoms with Crippen LogP contribution in [0.25, 0.3) is 10.9 Å². The maximum Gasteiger partial charge on any atom is 0.239 e. The van der Waals surface area contributed by atoms with Gasteiger partial charge in [-0.25, -0.2) is 0 Å². The largest absolute Gasteiger partial charge is 0.497 e. The molecule has 0 unspecified atom stereocenters. The zero-order valence-corrected chi connectivity index (χ0v) is 14.2. The third kappa shape index (κ3) is 4.27. The van der Waals surface area contributed by atoms with Gasteiger partial charge in [-0.3, -0.25) is 9.69 Å². The topological polar surface area (TPSA) is 55.7 Å². The number of morpholine rings is 1. The van der Waals surface area contributed by atoms with Gasteiger partial charge in [0, 0.05) is 36.7 Å². The highest BCUT2D eigenvalue weighted by Gasteiger charge is 2.10. The predicted molar refractivity (Wildman–Crippen MR) is 93.4 cm³/mol. The second kappa shape index (κ2) is 8.17. The number of ether oxygens (including phenoxy) is 2. The summed E-state index contributed by atoms with van der Waals surface area (Å²) in [6.07, 6.45) is 2.91. The summed E-state index contributed by atoms with van der Waals surface area (Å²) < 4.78 is 12.5. The maximum absolute atomic E-state index is 12.1. The number of amides is 1. The molecule has 1 aromatic heterocycles. The number of hydrogen-bond donors (Lipinski definition) is 1. The van der Waals surface area contributed by atoms with E-state index in [1.54, 1.807) is 7.11 Å². The second-order valence-electron chi connectivity index (χ2n) is 6.03. The Morgan fingerprint density at radius 2 is 2.12 bits per heavy atom. The number of methoxy groups -OCH3 is 1. The summed E-state index contributed by atoms with van der Waals surface area (Å²) in [6, 6.07) is 7.88. The predicted octanol–water partition coefficient (Wildman–Crippen LogP) is 1.49. The van der Waals surface area contributed by atoms with E-state index in [2.05, 4.69) is 10.2 Å². The molecule has 0 radical (unpaired) electrons. The molecule has 6 heteroatoms. The zero-order chi connectivity index (χ0) is 16.8. The Morgan fingerprint density at radius 1 is 1.29 bits per heavy atom. The molecule has 0 atom stereocenters. The molecule has 1 N–H and O–H groups in total. The minimum absolute atomic E-state index is 0.0466. The molecule has 0 bridgehead atoms. The Labute approximate surface area is 142 Å². The van der Waals surface area contributed by atoms with Crippen molar-refractivity contribution in [3.05, 3.63) is 30.5 Å². The van der Waals surface area contributed by atoms with Gasteiger partial charge < -0.3 is 19.4 Å². The lowest BCUT2D eigenvalue weighted by Gasteiger charge is -2.26. The molecule has 2 heterocycles. The van der Waals surface area contributed by atoms with Crippen LogP contribution in [0, 0.1) is 0 Å². The number of carbonyl (C=O) groups is 1. The Balaban J connectivity index is 1.44. The van der Waals surface area contributed by atoms with Gasteiger partial charge in [-0.2, -0.15) is 0 Å². The van der Waals surface area contributed by atoms with Crippen molar-refractivity contribution in [2.45, 2.75) is 13.0 Å². The normalized spacial score (nSPS) is 15.5. The number of fused-ring (bicyclic) bond motifs is 1. The number of nitrogens with zero attached hydrogens (tertiary/aromatic N) is 2. The Hall–Kier alpha value is -2.05. The Bertz CT molecular complexity index is 677. The number of hydrogen-bond acceptors (Lipinski definition) is 4. The van der Waals surface area contributed by atoms with E-state index in [0.29, 0.717) is 13.1 Å². The van der Waals surface area contributed by atoms with Crippen molar-refractivity contribution in [1.29, 1.82) is 0 Å². The molecular formula is C18H25N3O3. The first-order valence-corrected chi connectivity index (χ1v) is 8.46. The molecule has 24 heavy (non-hydrogen) atoms. The summed E-state index contributed by atoms with van der Waals surface area (Å²) in [5, 5.41) is 4.08. The maximum atomic E-state index is 12.1. The molecule has 1 aliphatic heterocycles. The van der Waals surface area contributed by atoms with Crippen molar-refractivity contribution in [3.63, 3.8) is 0 Å². The van der Waals surface area contributed by atoms with Crippen molar-refractivity contribution in [2.75, 3.05) is 46.5 Å². The lowest BCUT2D eigenvalue weighted by molar-refractivity contribution is -0.121. The summed E-state index contributed by atoms with van der Waals surface area (Å²) in [4.78, 5) is 14.5. The lowest BCUT2D eigenvalue weighted by atomic mass is 10.2. The van der Waals surface area contributed by atoms with E-state index in [-0.39, 0.29) is 5.91 Å². The first-order valence-electron chi connectivity index (χ1n) is 8.46. The van der Waals surface area contributed by atoms with E-state index in [1.807, 2.05) is 35.0 Å². The van der Waals surface area contributed by atoms with Gasteiger partial charge in [0.05, 0.1) is 20.3 Å². The van der Waals surface area contributed by atoms with Gasteiger partial charge in [0.2, 0.25) is 5.91 Å². The van der Waals surface area contributed by atoms with E-state index >= 15 is 0 Å². The summed E-state index contributed by atoms with van der Waals surface area (Å²) >= 11 is 0. The minimum Gasteiger partial charge on any atom is -0.497 e. The highest BCUT2D eigenvalue weighted by molar-refractivity contribution is 5.84. The first-order chi connectivity index (χ1) is 11.8. The average Bonchev–Trinajstić information content (AvgIpc) is 3.01. The first kappa shape index (κ1) is 16.8. The van der Waals surface area contributed by atoms with Crippen LogP contribution in [-0.4, -0.2) is 61.9 Å². The fraction of sp³-hybridized carbons (Fsp3) is 0.500. The number of nitrogens with one attached hydrogen (secondary N) is 1. The van der Waals surface area contributed by atoms with Gasteiger partial charge in [-0.15, -0.1) is 0 Å². The van der Waals surface area contributed by atoms with E-state index < -0.39 is 0 Å². The quantitative estimate of drug-likeness (QED) is 0.781. The van der Waals surface area contributed by atoms with Crippen LogP contribution in [0.5, 0.6) is 5.75 Å². The summed E-state index contributed by atoms with van der Waals surface area (Å²) in [5.74, 6) is 0.873. The van der Waals surface area contributed by atoms with Crippen LogP contribution in [0.1, 0.15) is 6.42 Å². The van der Waals surface area contributed by atoms with E-state index in [0.717, 1.165) is 55.9 Å². The fourth-order valence-electron chi connectivity index (χ4n) is 3.01. The Kier molecular flexibility index (Phi) is 5.72. The van der Waals surface area contributed by atoms with Gasteiger partial charge in [0.25, 0.3) is 0 Å². The molecule has 0 aliphatic carbocycles. The molecule has 1 saturated heterocycles. The van der Waals surface area contributed by atoms with Gasteiger partial charge >= 0.3 is 0 Å². The van der Waals surface area contributed by atoms with Gasteiger partial charge in [-0.1, -0.05) is 0 Å².